The molecule has 1 fully saturated rings. The van der Waals surface area contributed by atoms with Crippen LogP contribution in [0.2, 0.25) is 0 Å². The molecule has 0 unspecified atom stereocenters. The fourth-order valence-electron chi connectivity index (χ4n) is 3.15. The number of aromatic nitrogens is 2. The predicted molar refractivity (Wildman–Crippen MR) is 96.2 cm³/mol. The van der Waals surface area contributed by atoms with Gasteiger partial charge in [-0.1, -0.05) is 0 Å². The summed E-state index contributed by atoms with van der Waals surface area (Å²) < 4.78 is 11.5. The summed E-state index contributed by atoms with van der Waals surface area (Å²) in [7, 11) is 3.48. The second-order valence-electron chi connectivity index (χ2n) is 6.15. The normalized spacial score (nSPS) is 15.0. The number of hydrogen-bond donors (Lipinski definition) is 1. The molecule has 6 heteroatoms. The number of ether oxygens (including phenoxy) is 2. The van der Waals surface area contributed by atoms with Crippen LogP contribution in [-0.4, -0.2) is 55.3 Å². The Morgan fingerprint density at radius 2 is 1.96 bits per heavy atom. The summed E-state index contributed by atoms with van der Waals surface area (Å²) in [5.41, 5.74) is 1.78. The van der Waals surface area contributed by atoms with E-state index >= 15 is 0 Å². The van der Waals surface area contributed by atoms with E-state index in [1.165, 1.54) is 25.9 Å². The second-order valence-corrected chi connectivity index (χ2v) is 6.15. The predicted octanol–water partition coefficient (Wildman–Crippen LogP) is 2.85. The first-order chi connectivity index (χ1) is 11.7. The maximum atomic E-state index is 5.98. The molecule has 0 spiro atoms. The summed E-state index contributed by atoms with van der Waals surface area (Å²) in [5.74, 6) is 2.09. The molecular weight excluding hydrogens is 304 g/mol. The van der Waals surface area contributed by atoms with Gasteiger partial charge in [0.05, 0.1) is 24.9 Å². The first-order valence-electron chi connectivity index (χ1n) is 8.60. The van der Waals surface area contributed by atoms with Crippen LogP contribution in [0.15, 0.2) is 12.1 Å². The molecule has 1 aromatic heterocycles. The number of hydrogen-bond acceptors (Lipinski definition) is 6. The Hall–Kier alpha value is -2.08. The SMILES string of the molecule is CNc1nc(C)c2cc(OC)c(OCCCN3CCCC3)cc2n1. The highest BCUT2D eigenvalue weighted by atomic mass is 16.5. The fraction of sp³-hybridized carbons (Fsp3) is 0.556. The maximum absolute atomic E-state index is 5.98. The average Bonchev–Trinajstić information content (AvgIpc) is 3.11. The van der Waals surface area contributed by atoms with Crippen LogP contribution in [0.25, 0.3) is 10.9 Å². The minimum Gasteiger partial charge on any atom is -0.493 e. The smallest absolute Gasteiger partial charge is 0.223 e. The highest BCUT2D eigenvalue weighted by Crippen LogP contribution is 2.33. The van der Waals surface area contributed by atoms with Crippen LogP contribution in [-0.2, 0) is 0 Å². The van der Waals surface area contributed by atoms with Crippen molar-refractivity contribution in [2.45, 2.75) is 26.2 Å². The van der Waals surface area contributed by atoms with Crippen LogP contribution >= 0.6 is 0 Å². The number of nitrogens with one attached hydrogen (secondary N) is 1. The largest absolute Gasteiger partial charge is 0.493 e. The fourth-order valence-corrected chi connectivity index (χ4v) is 3.15. The zero-order valence-corrected chi connectivity index (χ0v) is 14.8. The summed E-state index contributed by atoms with van der Waals surface area (Å²) in [6, 6.07) is 3.90. The van der Waals surface area contributed by atoms with Gasteiger partial charge in [0, 0.05) is 25.0 Å². The van der Waals surface area contributed by atoms with Crippen molar-refractivity contribution in [3.8, 4) is 11.5 Å². The molecule has 2 heterocycles. The van der Waals surface area contributed by atoms with Crippen molar-refractivity contribution < 1.29 is 9.47 Å². The number of nitrogens with zero attached hydrogens (tertiary/aromatic N) is 3. The number of fused-ring (bicyclic) bond motifs is 1. The Bertz CT molecular complexity index is 699. The van der Waals surface area contributed by atoms with Crippen molar-refractivity contribution >= 4 is 16.9 Å². The minimum atomic E-state index is 0.616. The quantitative estimate of drug-likeness (QED) is 0.788. The van der Waals surface area contributed by atoms with Gasteiger partial charge in [0.1, 0.15) is 0 Å². The van der Waals surface area contributed by atoms with E-state index in [1.807, 2.05) is 26.1 Å². The first kappa shape index (κ1) is 16.8. The number of benzene rings is 1. The molecule has 1 saturated heterocycles. The van der Waals surface area contributed by atoms with Crippen LogP contribution in [0.3, 0.4) is 0 Å². The van der Waals surface area contributed by atoms with Gasteiger partial charge in [0.2, 0.25) is 5.95 Å². The third kappa shape index (κ3) is 3.70. The molecule has 0 amide bonds. The number of methoxy groups -OCH3 is 1. The van der Waals surface area contributed by atoms with E-state index < -0.39 is 0 Å². The molecule has 0 bridgehead atoms. The van der Waals surface area contributed by atoms with E-state index in [9.17, 15) is 0 Å². The number of aryl methyl sites for hydroxylation is 1. The van der Waals surface area contributed by atoms with Crippen molar-refractivity contribution in [1.29, 1.82) is 0 Å². The van der Waals surface area contributed by atoms with Gasteiger partial charge >= 0.3 is 0 Å². The van der Waals surface area contributed by atoms with Crippen LogP contribution in [0.1, 0.15) is 25.0 Å². The Labute approximate surface area is 143 Å². The summed E-state index contributed by atoms with van der Waals surface area (Å²) in [5, 5.41) is 3.97. The molecule has 2 aromatic rings. The van der Waals surface area contributed by atoms with Gasteiger partial charge < -0.3 is 19.7 Å². The van der Waals surface area contributed by atoms with Crippen molar-refractivity contribution in [1.82, 2.24) is 14.9 Å². The molecule has 0 aliphatic carbocycles. The van der Waals surface area contributed by atoms with Gasteiger partial charge in [-0.25, -0.2) is 9.97 Å². The molecule has 0 radical (unpaired) electrons. The van der Waals surface area contributed by atoms with Gasteiger partial charge in [0.25, 0.3) is 0 Å². The van der Waals surface area contributed by atoms with Gasteiger partial charge in [-0.05, 0) is 45.3 Å². The molecule has 0 saturated carbocycles. The van der Waals surface area contributed by atoms with Crippen LogP contribution in [0, 0.1) is 6.92 Å². The Morgan fingerprint density at radius 3 is 2.67 bits per heavy atom. The summed E-state index contributed by atoms with van der Waals surface area (Å²) in [4.78, 5) is 11.4. The van der Waals surface area contributed by atoms with E-state index in [1.54, 1.807) is 7.11 Å². The summed E-state index contributed by atoms with van der Waals surface area (Å²) >= 11 is 0. The molecule has 1 aliphatic heterocycles. The lowest BCUT2D eigenvalue weighted by molar-refractivity contribution is 0.254. The summed E-state index contributed by atoms with van der Waals surface area (Å²) in [6.45, 7) is 6.20. The average molecular weight is 330 g/mol. The summed E-state index contributed by atoms with van der Waals surface area (Å²) in [6.07, 6.45) is 3.67. The third-order valence-electron chi connectivity index (χ3n) is 4.47. The molecule has 1 aromatic carbocycles. The zero-order chi connectivity index (χ0) is 16.9. The van der Waals surface area contributed by atoms with Gasteiger partial charge in [-0.15, -0.1) is 0 Å². The highest BCUT2D eigenvalue weighted by Gasteiger charge is 2.13. The molecule has 0 atom stereocenters. The van der Waals surface area contributed by atoms with Crippen molar-refractivity contribution in [3.63, 3.8) is 0 Å². The van der Waals surface area contributed by atoms with Gasteiger partial charge in [-0.2, -0.15) is 0 Å². The Balaban J connectivity index is 1.73. The molecule has 24 heavy (non-hydrogen) atoms. The third-order valence-corrected chi connectivity index (χ3v) is 4.47. The monoisotopic (exact) mass is 330 g/mol. The maximum Gasteiger partial charge on any atom is 0.223 e. The van der Waals surface area contributed by atoms with E-state index in [0.29, 0.717) is 12.6 Å². The van der Waals surface area contributed by atoms with Gasteiger partial charge in [-0.3, -0.25) is 0 Å². The van der Waals surface area contributed by atoms with E-state index in [0.717, 1.165) is 41.1 Å². The van der Waals surface area contributed by atoms with E-state index in [2.05, 4.69) is 20.2 Å². The molecule has 1 N–H and O–H groups in total. The highest BCUT2D eigenvalue weighted by molar-refractivity contribution is 5.85. The van der Waals surface area contributed by atoms with Crippen molar-refractivity contribution in [2.24, 2.45) is 0 Å². The Kier molecular flexibility index (Phi) is 5.35. The Morgan fingerprint density at radius 1 is 1.17 bits per heavy atom. The molecule has 3 rings (SSSR count). The number of anilines is 1. The standard InChI is InChI=1S/C18H26N4O2/c1-13-14-11-16(23-3)17(12-15(14)21-18(19-2)20-13)24-10-6-9-22-7-4-5-8-22/h11-12H,4-10H2,1-3H3,(H,19,20,21). The van der Waals surface area contributed by atoms with E-state index in [4.69, 9.17) is 9.47 Å². The van der Waals surface area contributed by atoms with Crippen molar-refractivity contribution in [2.75, 3.05) is 45.7 Å². The minimum absolute atomic E-state index is 0.616. The molecular formula is C18H26N4O2. The number of likely N-dealkylation sites (tertiary alicyclic amines) is 1. The van der Waals surface area contributed by atoms with Crippen LogP contribution in [0.5, 0.6) is 11.5 Å². The van der Waals surface area contributed by atoms with E-state index in [-0.39, 0.29) is 0 Å². The molecule has 1 aliphatic rings. The van der Waals surface area contributed by atoms with Crippen LogP contribution < -0.4 is 14.8 Å². The first-order valence-corrected chi connectivity index (χ1v) is 8.60. The molecule has 6 nitrogen and oxygen atoms in total. The molecule has 130 valence electrons. The second kappa shape index (κ2) is 7.66. The van der Waals surface area contributed by atoms with Gasteiger partial charge in [0.15, 0.2) is 11.5 Å². The zero-order valence-electron chi connectivity index (χ0n) is 14.8. The topological polar surface area (TPSA) is 59.5 Å². The lowest BCUT2D eigenvalue weighted by Crippen LogP contribution is -2.21. The lowest BCUT2D eigenvalue weighted by Gasteiger charge is -2.16. The lowest BCUT2D eigenvalue weighted by atomic mass is 10.1. The number of rotatable bonds is 7. The van der Waals surface area contributed by atoms with Crippen molar-refractivity contribution in [3.05, 3.63) is 17.8 Å². The van der Waals surface area contributed by atoms with Crippen LogP contribution in [0.4, 0.5) is 5.95 Å².